The fourth-order valence-corrected chi connectivity index (χ4v) is 4.98. The van der Waals surface area contributed by atoms with Crippen molar-refractivity contribution in [3.05, 3.63) is 49.9 Å². The van der Waals surface area contributed by atoms with E-state index in [0.29, 0.717) is 38.8 Å². The fourth-order valence-electron chi connectivity index (χ4n) is 3.89. The van der Waals surface area contributed by atoms with Gasteiger partial charge < -0.3 is 14.5 Å². The van der Waals surface area contributed by atoms with Crippen LogP contribution in [0.4, 0.5) is 0 Å². The van der Waals surface area contributed by atoms with Gasteiger partial charge in [0.1, 0.15) is 10.7 Å². The van der Waals surface area contributed by atoms with E-state index in [4.69, 9.17) is 9.47 Å². The van der Waals surface area contributed by atoms with Crippen molar-refractivity contribution in [3.8, 4) is 11.5 Å². The maximum atomic E-state index is 12.6. The van der Waals surface area contributed by atoms with E-state index in [-0.39, 0.29) is 11.3 Å². The Morgan fingerprint density at radius 2 is 1.93 bits per heavy atom. The van der Waals surface area contributed by atoms with Gasteiger partial charge >= 0.3 is 0 Å². The zero-order chi connectivity index (χ0) is 20.7. The van der Waals surface area contributed by atoms with E-state index in [1.165, 1.54) is 29.4 Å². The first-order chi connectivity index (χ1) is 13.9. The van der Waals surface area contributed by atoms with Crippen LogP contribution in [0, 0.1) is 6.92 Å². The molecule has 0 radical (unpaired) electrons. The number of hydrogen-bond donors (Lipinski definition) is 1. The van der Waals surface area contributed by atoms with Crippen LogP contribution < -0.4 is 15.0 Å². The predicted molar refractivity (Wildman–Crippen MR) is 112 cm³/mol. The SMILES string of the molecule is COc1cc2c(cc1OC)CN(Cc1nc3sc(C(C)=O)c(C)c3c(=O)[nH]1)CC2. The molecule has 1 aromatic carbocycles. The molecule has 152 valence electrons. The molecular weight excluding hydrogens is 390 g/mol. The second kappa shape index (κ2) is 7.61. The summed E-state index contributed by atoms with van der Waals surface area (Å²) in [4.78, 5) is 35.4. The van der Waals surface area contributed by atoms with Crippen molar-refractivity contribution in [2.24, 2.45) is 0 Å². The zero-order valence-corrected chi connectivity index (χ0v) is 17.7. The van der Waals surface area contributed by atoms with E-state index < -0.39 is 0 Å². The monoisotopic (exact) mass is 413 g/mol. The summed E-state index contributed by atoms with van der Waals surface area (Å²) in [7, 11) is 3.27. The number of nitrogens with zero attached hydrogens (tertiary/aromatic N) is 2. The van der Waals surface area contributed by atoms with Crippen molar-refractivity contribution in [2.75, 3.05) is 20.8 Å². The Hall–Kier alpha value is -2.71. The van der Waals surface area contributed by atoms with Gasteiger partial charge in [0, 0.05) is 13.1 Å². The zero-order valence-electron chi connectivity index (χ0n) is 16.9. The van der Waals surface area contributed by atoms with Gasteiger partial charge in [0.25, 0.3) is 5.56 Å². The van der Waals surface area contributed by atoms with E-state index in [1.54, 1.807) is 21.1 Å². The van der Waals surface area contributed by atoms with Gasteiger partial charge in [-0.2, -0.15) is 0 Å². The number of aryl methyl sites for hydroxylation is 1. The number of ether oxygens (including phenoxy) is 2. The highest BCUT2D eigenvalue weighted by atomic mass is 32.1. The van der Waals surface area contributed by atoms with Crippen LogP contribution in [-0.2, 0) is 19.5 Å². The molecule has 0 amide bonds. The van der Waals surface area contributed by atoms with Gasteiger partial charge in [0.15, 0.2) is 17.3 Å². The van der Waals surface area contributed by atoms with Gasteiger partial charge in [-0.05, 0) is 49.1 Å². The lowest BCUT2D eigenvalue weighted by Gasteiger charge is -2.29. The lowest BCUT2D eigenvalue weighted by atomic mass is 9.99. The normalized spacial score (nSPS) is 14.1. The average Bonchev–Trinajstić information content (AvgIpc) is 3.04. The Bertz CT molecular complexity index is 1160. The first-order valence-corrected chi connectivity index (χ1v) is 10.2. The Balaban J connectivity index is 1.61. The molecule has 0 atom stereocenters. The van der Waals surface area contributed by atoms with Crippen LogP contribution in [0.1, 0.15) is 39.1 Å². The lowest BCUT2D eigenvalue weighted by molar-refractivity contribution is 0.102. The third-order valence-electron chi connectivity index (χ3n) is 5.34. The smallest absolute Gasteiger partial charge is 0.259 e. The minimum atomic E-state index is -0.185. The molecule has 4 rings (SSSR count). The Labute approximate surface area is 172 Å². The van der Waals surface area contributed by atoms with Crippen molar-refractivity contribution in [2.45, 2.75) is 33.4 Å². The van der Waals surface area contributed by atoms with E-state index >= 15 is 0 Å². The largest absolute Gasteiger partial charge is 0.493 e. The number of H-pyrrole nitrogens is 1. The first-order valence-electron chi connectivity index (χ1n) is 9.40. The van der Waals surface area contributed by atoms with Crippen LogP contribution in [0.15, 0.2) is 16.9 Å². The number of rotatable bonds is 5. The lowest BCUT2D eigenvalue weighted by Crippen LogP contribution is -2.31. The number of carbonyl (C=O) groups is 1. The average molecular weight is 413 g/mol. The quantitative estimate of drug-likeness (QED) is 0.647. The topological polar surface area (TPSA) is 84.5 Å². The predicted octanol–water partition coefficient (Wildman–Crippen LogP) is 3.07. The summed E-state index contributed by atoms with van der Waals surface area (Å²) in [6.07, 6.45) is 0.884. The molecule has 29 heavy (non-hydrogen) atoms. The fraction of sp³-hybridized carbons (Fsp3) is 0.381. The highest BCUT2D eigenvalue weighted by Gasteiger charge is 2.22. The number of thiophene rings is 1. The number of carbonyl (C=O) groups excluding carboxylic acids is 1. The van der Waals surface area contributed by atoms with Gasteiger partial charge in [-0.25, -0.2) is 4.98 Å². The molecule has 2 aromatic heterocycles. The van der Waals surface area contributed by atoms with Crippen molar-refractivity contribution in [1.29, 1.82) is 0 Å². The molecule has 0 fully saturated rings. The molecule has 0 unspecified atom stereocenters. The van der Waals surface area contributed by atoms with E-state index in [9.17, 15) is 9.59 Å². The second-order valence-electron chi connectivity index (χ2n) is 7.24. The molecular formula is C21H23N3O4S. The molecule has 0 bridgehead atoms. The minimum Gasteiger partial charge on any atom is -0.493 e. The minimum absolute atomic E-state index is 0.0385. The Morgan fingerprint density at radius 3 is 2.59 bits per heavy atom. The maximum Gasteiger partial charge on any atom is 0.259 e. The van der Waals surface area contributed by atoms with Crippen LogP contribution in [-0.4, -0.2) is 41.4 Å². The van der Waals surface area contributed by atoms with Crippen LogP contribution in [0.25, 0.3) is 10.2 Å². The van der Waals surface area contributed by atoms with E-state index in [2.05, 4.69) is 14.9 Å². The van der Waals surface area contributed by atoms with Crippen molar-refractivity contribution >= 4 is 27.3 Å². The number of nitrogens with one attached hydrogen (secondary N) is 1. The number of aromatic amines is 1. The number of ketones is 1. The van der Waals surface area contributed by atoms with Gasteiger partial charge in [-0.1, -0.05) is 0 Å². The highest BCUT2D eigenvalue weighted by molar-refractivity contribution is 7.20. The highest BCUT2D eigenvalue weighted by Crippen LogP contribution is 2.33. The van der Waals surface area contributed by atoms with Crippen LogP contribution >= 0.6 is 11.3 Å². The van der Waals surface area contributed by atoms with Gasteiger partial charge in [0.05, 0.1) is 31.0 Å². The summed E-state index contributed by atoms with van der Waals surface area (Å²) in [6, 6.07) is 4.05. The molecule has 0 aliphatic carbocycles. The van der Waals surface area contributed by atoms with E-state index in [0.717, 1.165) is 25.3 Å². The molecule has 0 saturated carbocycles. The Kier molecular flexibility index (Phi) is 5.14. The number of hydrogen-bond acceptors (Lipinski definition) is 7. The molecule has 3 heterocycles. The van der Waals surface area contributed by atoms with Crippen molar-refractivity contribution in [1.82, 2.24) is 14.9 Å². The maximum absolute atomic E-state index is 12.6. The van der Waals surface area contributed by atoms with E-state index in [1.807, 2.05) is 12.1 Å². The van der Waals surface area contributed by atoms with Gasteiger partial charge in [-0.3, -0.25) is 14.5 Å². The molecule has 0 spiro atoms. The number of fused-ring (bicyclic) bond motifs is 2. The summed E-state index contributed by atoms with van der Waals surface area (Å²) in [5, 5.41) is 0.518. The molecule has 7 nitrogen and oxygen atoms in total. The van der Waals surface area contributed by atoms with Crippen LogP contribution in [0.2, 0.25) is 0 Å². The van der Waals surface area contributed by atoms with Crippen LogP contribution in [0.5, 0.6) is 11.5 Å². The summed E-state index contributed by atoms with van der Waals surface area (Å²) in [5.74, 6) is 2.03. The molecule has 3 aromatic rings. The molecule has 0 saturated heterocycles. The number of Topliss-reactive ketones (excluding diaryl/α,β-unsaturated/α-hetero) is 1. The number of aromatic nitrogens is 2. The number of benzene rings is 1. The Morgan fingerprint density at radius 1 is 1.24 bits per heavy atom. The van der Waals surface area contributed by atoms with Gasteiger partial charge in [-0.15, -0.1) is 11.3 Å². The number of methoxy groups -OCH3 is 2. The standard InChI is InChI=1S/C21H23N3O4S/c1-11-18-20(26)22-17(23-21(18)29-19(11)12(2)25)10-24-6-5-13-7-15(27-3)16(28-4)8-14(13)9-24/h7-8H,5-6,9-10H2,1-4H3,(H,22,23,26). The second-order valence-corrected chi connectivity index (χ2v) is 8.24. The van der Waals surface area contributed by atoms with Crippen molar-refractivity contribution in [3.63, 3.8) is 0 Å². The molecule has 1 aliphatic heterocycles. The first kappa shape index (κ1) is 19.6. The van der Waals surface area contributed by atoms with Gasteiger partial charge in [0.2, 0.25) is 0 Å². The molecule has 1 N–H and O–H groups in total. The summed E-state index contributed by atoms with van der Waals surface area (Å²) < 4.78 is 10.8. The third-order valence-corrected chi connectivity index (χ3v) is 6.63. The third kappa shape index (κ3) is 3.54. The van der Waals surface area contributed by atoms with Crippen LogP contribution in [0.3, 0.4) is 0 Å². The summed E-state index contributed by atoms with van der Waals surface area (Å²) in [5.41, 5.74) is 2.96. The molecule has 8 heteroatoms. The van der Waals surface area contributed by atoms with Crippen molar-refractivity contribution < 1.29 is 14.3 Å². The molecule has 1 aliphatic rings. The summed E-state index contributed by atoms with van der Waals surface area (Å²) >= 11 is 1.29. The summed E-state index contributed by atoms with van der Waals surface area (Å²) in [6.45, 7) is 5.44.